The molecule has 0 fully saturated rings. The largest absolute Gasteiger partial charge is 0.373 e. The summed E-state index contributed by atoms with van der Waals surface area (Å²) in [5.41, 5.74) is 0.0119. The molecule has 0 N–H and O–H groups in total. The molecule has 1 rings (SSSR count). The van der Waals surface area contributed by atoms with Gasteiger partial charge in [-0.2, -0.15) is 0 Å². The first-order valence-electron chi connectivity index (χ1n) is 5.11. The van der Waals surface area contributed by atoms with Gasteiger partial charge in [0.1, 0.15) is 17.7 Å². The number of benzene rings is 1. The Morgan fingerprint density at radius 1 is 1.31 bits per heavy atom. The molecule has 2 nitrogen and oxygen atoms in total. The van der Waals surface area contributed by atoms with E-state index in [2.05, 4.69) is 0 Å². The van der Waals surface area contributed by atoms with Crippen LogP contribution in [0.5, 0.6) is 0 Å². The number of hydrogen-bond acceptors (Lipinski definition) is 2. The molecule has 0 bridgehead atoms. The van der Waals surface area contributed by atoms with Crippen LogP contribution >= 0.6 is 0 Å². The molecule has 88 valence electrons. The highest BCUT2D eigenvalue weighted by Gasteiger charge is 2.19. The molecule has 0 spiro atoms. The lowest BCUT2D eigenvalue weighted by Crippen LogP contribution is -2.23. The topological polar surface area (TPSA) is 26.3 Å². The van der Waals surface area contributed by atoms with Crippen LogP contribution in [0.4, 0.5) is 8.78 Å². The zero-order valence-corrected chi connectivity index (χ0v) is 9.30. The van der Waals surface area contributed by atoms with E-state index in [4.69, 9.17) is 4.74 Å². The van der Waals surface area contributed by atoms with E-state index in [9.17, 15) is 13.6 Å². The van der Waals surface area contributed by atoms with Gasteiger partial charge in [0, 0.05) is 18.7 Å². The number of halogens is 2. The van der Waals surface area contributed by atoms with Gasteiger partial charge < -0.3 is 4.74 Å². The third-order valence-electron chi connectivity index (χ3n) is 2.27. The highest BCUT2D eigenvalue weighted by molar-refractivity contribution is 5.99. The van der Waals surface area contributed by atoms with Crippen molar-refractivity contribution in [2.24, 2.45) is 0 Å². The standard InChI is InChI=1S/C12H14F2O2/c1-3-4-11(16-2)12(15)8-5-9(13)7-10(14)6-8/h5-7,11H,3-4H2,1-2H3. The first-order chi connectivity index (χ1) is 7.58. The summed E-state index contributed by atoms with van der Waals surface area (Å²) in [4.78, 5) is 11.8. The van der Waals surface area contributed by atoms with E-state index in [1.165, 1.54) is 7.11 Å². The molecule has 1 unspecified atom stereocenters. The third-order valence-corrected chi connectivity index (χ3v) is 2.27. The van der Waals surface area contributed by atoms with E-state index in [1.54, 1.807) is 0 Å². The Labute approximate surface area is 93.2 Å². The fourth-order valence-electron chi connectivity index (χ4n) is 1.50. The Bertz CT molecular complexity index is 357. The van der Waals surface area contributed by atoms with Gasteiger partial charge in [-0.15, -0.1) is 0 Å². The van der Waals surface area contributed by atoms with Crippen LogP contribution in [-0.4, -0.2) is 19.0 Å². The number of ketones is 1. The summed E-state index contributed by atoms with van der Waals surface area (Å²) in [6.45, 7) is 1.91. The van der Waals surface area contributed by atoms with Gasteiger partial charge in [0.2, 0.25) is 0 Å². The summed E-state index contributed by atoms with van der Waals surface area (Å²) < 4.78 is 30.8. The highest BCUT2D eigenvalue weighted by atomic mass is 19.1. The van der Waals surface area contributed by atoms with Crippen LogP contribution in [0.15, 0.2) is 18.2 Å². The Morgan fingerprint density at radius 3 is 2.31 bits per heavy atom. The third kappa shape index (κ3) is 3.10. The van der Waals surface area contributed by atoms with Gasteiger partial charge in [-0.3, -0.25) is 4.79 Å². The summed E-state index contributed by atoms with van der Waals surface area (Å²) >= 11 is 0. The summed E-state index contributed by atoms with van der Waals surface area (Å²) in [6, 6.07) is 2.78. The molecule has 0 saturated carbocycles. The maximum atomic E-state index is 12.9. The predicted octanol–water partition coefficient (Wildman–Crippen LogP) is 2.96. The van der Waals surface area contributed by atoms with Crippen molar-refractivity contribution in [3.63, 3.8) is 0 Å². The molecule has 1 atom stereocenters. The fraction of sp³-hybridized carbons (Fsp3) is 0.417. The van der Waals surface area contributed by atoms with Crippen molar-refractivity contribution in [1.29, 1.82) is 0 Å². The lowest BCUT2D eigenvalue weighted by molar-refractivity contribution is 0.0578. The second kappa shape index (κ2) is 5.70. The average molecular weight is 228 g/mol. The normalized spacial score (nSPS) is 12.5. The summed E-state index contributed by atoms with van der Waals surface area (Å²) in [6.07, 6.45) is 0.668. The number of ether oxygens (including phenoxy) is 1. The monoisotopic (exact) mass is 228 g/mol. The SMILES string of the molecule is CCCC(OC)C(=O)c1cc(F)cc(F)c1. The van der Waals surface area contributed by atoms with E-state index in [0.717, 1.165) is 24.6 Å². The second-order valence-electron chi connectivity index (χ2n) is 3.54. The Hall–Kier alpha value is -1.29. The van der Waals surface area contributed by atoms with Gasteiger partial charge in [0.25, 0.3) is 0 Å². The second-order valence-corrected chi connectivity index (χ2v) is 3.54. The molecule has 1 aromatic carbocycles. The van der Waals surface area contributed by atoms with Gasteiger partial charge in [0.15, 0.2) is 5.78 Å². The van der Waals surface area contributed by atoms with Crippen LogP contribution in [0, 0.1) is 11.6 Å². The van der Waals surface area contributed by atoms with Crippen LogP contribution in [0.2, 0.25) is 0 Å². The van der Waals surface area contributed by atoms with E-state index >= 15 is 0 Å². The molecule has 4 heteroatoms. The lowest BCUT2D eigenvalue weighted by Gasteiger charge is -2.13. The van der Waals surface area contributed by atoms with Crippen LogP contribution in [-0.2, 0) is 4.74 Å². The number of hydrogen-bond donors (Lipinski definition) is 0. The molecule has 16 heavy (non-hydrogen) atoms. The van der Waals surface area contributed by atoms with Crippen LogP contribution in [0.25, 0.3) is 0 Å². The zero-order valence-electron chi connectivity index (χ0n) is 9.30. The molecular formula is C12H14F2O2. The van der Waals surface area contributed by atoms with Gasteiger partial charge >= 0.3 is 0 Å². The molecule has 0 aliphatic rings. The molecule has 0 saturated heterocycles. The van der Waals surface area contributed by atoms with Crippen molar-refractivity contribution in [1.82, 2.24) is 0 Å². The average Bonchev–Trinajstić information content (AvgIpc) is 2.23. The maximum absolute atomic E-state index is 12.9. The molecule has 0 aliphatic carbocycles. The number of carbonyl (C=O) groups is 1. The van der Waals surface area contributed by atoms with Crippen molar-refractivity contribution in [3.05, 3.63) is 35.4 Å². The molecule has 0 amide bonds. The minimum absolute atomic E-state index is 0.0119. The van der Waals surface area contributed by atoms with Crippen molar-refractivity contribution in [3.8, 4) is 0 Å². The van der Waals surface area contributed by atoms with Gasteiger partial charge in [0.05, 0.1) is 0 Å². The molecular weight excluding hydrogens is 214 g/mol. The lowest BCUT2D eigenvalue weighted by atomic mass is 10.0. The fourth-order valence-corrected chi connectivity index (χ4v) is 1.50. The minimum atomic E-state index is -0.755. The molecule has 1 aromatic rings. The molecule has 0 radical (unpaired) electrons. The Kier molecular flexibility index (Phi) is 4.55. The van der Waals surface area contributed by atoms with E-state index in [0.29, 0.717) is 6.42 Å². The quantitative estimate of drug-likeness (QED) is 0.724. The van der Waals surface area contributed by atoms with Crippen molar-refractivity contribution < 1.29 is 18.3 Å². The summed E-state index contributed by atoms with van der Waals surface area (Å²) in [5.74, 6) is -1.90. The number of methoxy groups -OCH3 is 1. The van der Waals surface area contributed by atoms with Gasteiger partial charge in [-0.25, -0.2) is 8.78 Å². The van der Waals surface area contributed by atoms with Crippen LogP contribution in [0.1, 0.15) is 30.1 Å². The van der Waals surface area contributed by atoms with E-state index in [1.807, 2.05) is 6.92 Å². The molecule has 0 heterocycles. The van der Waals surface area contributed by atoms with E-state index in [-0.39, 0.29) is 11.3 Å². The highest BCUT2D eigenvalue weighted by Crippen LogP contribution is 2.14. The van der Waals surface area contributed by atoms with Crippen molar-refractivity contribution in [2.45, 2.75) is 25.9 Å². The minimum Gasteiger partial charge on any atom is -0.373 e. The first kappa shape index (κ1) is 12.8. The Morgan fingerprint density at radius 2 is 1.88 bits per heavy atom. The van der Waals surface area contributed by atoms with Gasteiger partial charge in [-0.05, 0) is 18.6 Å². The molecule has 0 aliphatic heterocycles. The summed E-state index contributed by atoms with van der Waals surface area (Å²) in [5, 5.41) is 0. The smallest absolute Gasteiger partial charge is 0.191 e. The predicted molar refractivity (Wildman–Crippen MR) is 56.4 cm³/mol. The zero-order chi connectivity index (χ0) is 12.1. The first-order valence-corrected chi connectivity index (χ1v) is 5.11. The maximum Gasteiger partial charge on any atom is 0.191 e. The Balaban J connectivity index is 2.94. The van der Waals surface area contributed by atoms with Crippen molar-refractivity contribution in [2.75, 3.05) is 7.11 Å². The van der Waals surface area contributed by atoms with Crippen LogP contribution < -0.4 is 0 Å². The van der Waals surface area contributed by atoms with Crippen LogP contribution in [0.3, 0.4) is 0 Å². The number of carbonyl (C=O) groups excluding carboxylic acids is 1. The van der Waals surface area contributed by atoms with Crippen molar-refractivity contribution >= 4 is 5.78 Å². The van der Waals surface area contributed by atoms with Gasteiger partial charge in [-0.1, -0.05) is 13.3 Å². The summed E-state index contributed by atoms with van der Waals surface area (Å²) in [7, 11) is 1.41. The number of Topliss-reactive ketones (excluding diaryl/α,β-unsaturated/α-hetero) is 1. The van der Waals surface area contributed by atoms with E-state index < -0.39 is 17.7 Å². The molecule has 0 aromatic heterocycles. The number of rotatable bonds is 5.